The Labute approximate surface area is 161 Å². The molecule has 1 unspecified atom stereocenters. The maximum Gasteiger partial charge on any atom is 0.192 e. The highest BCUT2D eigenvalue weighted by Gasteiger charge is 2.47. The van der Waals surface area contributed by atoms with Crippen LogP contribution in [0.3, 0.4) is 0 Å². The number of Topliss-reactive ketones (excluding diaryl/α,β-unsaturated/α-hetero) is 1. The average Bonchev–Trinajstić information content (AvgIpc) is 2.90. The van der Waals surface area contributed by atoms with E-state index < -0.39 is 14.4 Å². The van der Waals surface area contributed by atoms with Crippen LogP contribution in [0, 0.1) is 17.3 Å². The number of ketones is 1. The predicted octanol–water partition coefficient (Wildman–Crippen LogP) is 5.49. The van der Waals surface area contributed by atoms with E-state index in [0.717, 1.165) is 43.8 Å². The fourth-order valence-corrected chi connectivity index (χ4v) is 8.07. The second-order valence-corrected chi connectivity index (χ2v) is 13.8. The van der Waals surface area contributed by atoms with E-state index in [-0.39, 0.29) is 23.2 Å². The van der Waals surface area contributed by atoms with E-state index in [1.54, 1.807) is 0 Å². The number of hydrogen-bond donors (Lipinski definition) is 1. The number of rotatable bonds is 5. The maximum absolute atomic E-state index is 12.5. The minimum atomic E-state index is -1.65. The van der Waals surface area contributed by atoms with Gasteiger partial charge in [0.25, 0.3) is 0 Å². The van der Waals surface area contributed by atoms with Gasteiger partial charge < -0.3 is 9.53 Å². The summed E-state index contributed by atoms with van der Waals surface area (Å²) in [4.78, 5) is 12.5. The van der Waals surface area contributed by atoms with Crippen molar-refractivity contribution in [3.05, 3.63) is 12.2 Å². The molecule has 0 saturated heterocycles. The molecule has 26 heavy (non-hydrogen) atoms. The van der Waals surface area contributed by atoms with Crippen LogP contribution in [0.5, 0.6) is 0 Å². The Balaban J connectivity index is 2.18. The second-order valence-electron chi connectivity index (χ2n) is 9.11. The number of fused-ring (bicyclic) bond motifs is 1. The fraction of sp³-hybridized carbons (Fsp3) is 0.864. The van der Waals surface area contributed by atoms with E-state index in [0.29, 0.717) is 18.8 Å². The van der Waals surface area contributed by atoms with Crippen molar-refractivity contribution in [2.75, 3.05) is 0 Å². The van der Waals surface area contributed by atoms with E-state index in [9.17, 15) is 9.90 Å². The molecular weight excluding hydrogens is 340 g/mol. The molecule has 5 atom stereocenters. The van der Waals surface area contributed by atoms with Crippen LogP contribution in [0.2, 0.25) is 18.1 Å². The fourth-order valence-electron chi connectivity index (χ4n) is 5.26. The zero-order valence-corrected chi connectivity index (χ0v) is 18.6. The lowest BCUT2D eigenvalue weighted by atomic mass is 9.72. The van der Waals surface area contributed by atoms with Crippen LogP contribution in [0.4, 0.5) is 0 Å². The van der Waals surface area contributed by atoms with Crippen molar-refractivity contribution in [1.82, 2.24) is 0 Å². The topological polar surface area (TPSA) is 46.5 Å². The van der Waals surface area contributed by atoms with Crippen LogP contribution in [0.25, 0.3) is 0 Å². The van der Waals surface area contributed by atoms with Crippen molar-refractivity contribution in [3.8, 4) is 0 Å². The Bertz CT molecular complexity index is 491. The summed E-state index contributed by atoms with van der Waals surface area (Å²) in [5, 5.41) is 10.9. The smallest absolute Gasteiger partial charge is 0.192 e. The van der Waals surface area contributed by atoms with Gasteiger partial charge in [-0.2, -0.15) is 0 Å². The van der Waals surface area contributed by atoms with Crippen molar-refractivity contribution in [2.45, 2.75) is 103 Å². The molecule has 0 aromatic heterocycles. The summed E-state index contributed by atoms with van der Waals surface area (Å²) in [5.41, 5.74) is -0.0456. The van der Waals surface area contributed by atoms with Crippen molar-refractivity contribution in [3.63, 3.8) is 0 Å². The van der Waals surface area contributed by atoms with Crippen LogP contribution in [0.15, 0.2) is 12.2 Å². The monoisotopic (exact) mass is 380 g/mol. The number of carbonyl (C=O) groups excluding carboxylic acids is 1. The number of aliphatic hydroxyl groups is 1. The first-order valence-corrected chi connectivity index (χ1v) is 13.4. The number of hydrogen-bond acceptors (Lipinski definition) is 3. The van der Waals surface area contributed by atoms with Gasteiger partial charge in [-0.25, -0.2) is 0 Å². The third-order valence-electron chi connectivity index (χ3n) is 7.27. The van der Waals surface area contributed by atoms with E-state index in [1.165, 1.54) is 0 Å². The third kappa shape index (κ3) is 4.88. The summed E-state index contributed by atoms with van der Waals surface area (Å²) in [7, 11) is -1.65. The van der Waals surface area contributed by atoms with Gasteiger partial charge in [0, 0.05) is 12.3 Å². The highest BCUT2D eigenvalue weighted by atomic mass is 28.4. The van der Waals surface area contributed by atoms with Gasteiger partial charge in [0.1, 0.15) is 5.78 Å². The molecular formula is C22H40O3Si. The first-order chi connectivity index (χ1) is 12.3. The number of carbonyl (C=O) groups is 1. The van der Waals surface area contributed by atoms with Gasteiger partial charge in [-0.1, -0.05) is 46.8 Å². The van der Waals surface area contributed by atoms with Gasteiger partial charge in [0.05, 0.1) is 12.2 Å². The van der Waals surface area contributed by atoms with Crippen LogP contribution >= 0.6 is 0 Å². The highest BCUT2D eigenvalue weighted by Crippen LogP contribution is 2.47. The Kier molecular flexibility index (Phi) is 7.70. The third-order valence-corrected chi connectivity index (χ3v) is 11.9. The van der Waals surface area contributed by atoms with Crippen LogP contribution < -0.4 is 0 Å². The molecule has 0 spiro atoms. The summed E-state index contributed by atoms with van der Waals surface area (Å²) in [5.74, 6) is 0.455. The lowest BCUT2D eigenvalue weighted by molar-refractivity contribution is -0.127. The van der Waals surface area contributed by atoms with E-state index in [4.69, 9.17) is 4.43 Å². The van der Waals surface area contributed by atoms with Gasteiger partial charge in [-0.3, -0.25) is 4.79 Å². The van der Waals surface area contributed by atoms with Gasteiger partial charge in [-0.15, -0.1) is 0 Å². The number of aliphatic hydroxyl groups excluding tert-OH is 1. The molecule has 1 saturated carbocycles. The Morgan fingerprint density at radius 1 is 1.19 bits per heavy atom. The maximum atomic E-state index is 12.5. The average molecular weight is 381 g/mol. The molecule has 0 bridgehead atoms. The van der Waals surface area contributed by atoms with Gasteiger partial charge >= 0.3 is 0 Å². The minimum Gasteiger partial charge on any atom is -0.411 e. The molecule has 2 aliphatic carbocycles. The van der Waals surface area contributed by atoms with Crippen LogP contribution in [0.1, 0.15) is 73.1 Å². The highest BCUT2D eigenvalue weighted by molar-refractivity contribution is 6.73. The predicted molar refractivity (Wildman–Crippen MR) is 111 cm³/mol. The molecule has 0 aromatic carbocycles. The number of allylic oxidation sites excluding steroid dienone is 1. The molecule has 3 nitrogen and oxygen atoms in total. The molecule has 0 aromatic rings. The molecule has 2 aliphatic rings. The first-order valence-electron chi connectivity index (χ1n) is 10.8. The summed E-state index contributed by atoms with van der Waals surface area (Å²) in [6.45, 7) is 11.2. The lowest BCUT2D eigenvalue weighted by Crippen LogP contribution is -2.40. The largest absolute Gasteiger partial charge is 0.411 e. The second kappa shape index (κ2) is 9.16. The standard InChI is InChI=1S/C22H40O3Si/c1-6-26(7-2,8-3)25-18-11-9-10-13-22(5)14-12-19(23)21(22)20(24)16-17(4)15-18/h9,11,17-18,20-21,24H,6-8,10,12-16H2,1-5H3/b11-9+/t17-,18?,20-,21+,22-/m1/s1. The molecule has 0 amide bonds. The molecule has 150 valence electrons. The van der Waals surface area contributed by atoms with Gasteiger partial charge in [0.2, 0.25) is 0 Å². The van der Waals surface area contributed by atoms with Crippen molar-refractivity contribution in [2.24, 2.45) is 17.3 Å². The van der Waals surface area contributed by atoms with Crippen molar-refractivity contribution >= 4 is 14.1 Å². The summed E-state index contributed by atoms with van der Waals surface area (Å²) in [6.07, 6.45) is 9.38. The quantitative estimate of drug-likeness (QED) is 0.507. The summed E-state index contributed by atoms with van der Waals surface area (Å²) in [6, 6.07) is 3.49. The van der Waals surface area contributed by atoms with E-state index >= 15 is 0 Å². The summed E-state index contributed by atoms with van der Waals surface area (Å²) >= 11 is 0. The zero-order valence-electron chi connectivity index (χ0n) is 17.6. The van der Waals surface area contributed by atoms with Gasteiger partial charge in [-0.05, 0) is 61.6 Å². The van der Waals surface area contributed by atoms with E-state index in [2.05, 4.69) is 46.8 Å². The van der Waals surface area contributed by atoms with Gasteiger partial charge in [0.15, 0.2) is 8.32 Å². The van der Waals surface area contributed by atoms with Crippen molar-refractivity contribution < 1.29 is 14.3 Å². The molecule has 4 heteroatoms. The first kappa shape index (κ1) is 21.8. The molecule has 2 rings (SSSR count). The molecule has 1 N–H and O–H groups in total. The molecule has 1 fully saturated rings. The minimum absolute atomic E-state index is 0.0456. The molecule has 0 heterocycles. The van der Waals surface area contributed by atoms with Crippen LogP contribution in [-0.2, 0) is 9.22 Å². The SMILES string of the molecule is CC[Si](CC)(CC)OC1/C=C/CC[C@]2(C)CCC(=O)[C@H]2[C@H](O)C[C@H](C)C1. The Morgan fingerprint density at radius 2 is 1.85 bits per heavy atom. The normalized spacial score (nSPS) is 37.8. The Morgan fingerprint density at radius 3 is 2.46 bits per heavy atom. The molecule has 0 radical (unpaired) electrons. The Hall–Kier alpha value is -0.453. The lowest BCUT2D eigenvalue weighted by Gasteiger charge is -2.35. The summed E-state index contributed by atoms with van der Waals surface area (Å²) < 4.78 is 6.75. The molecule has 0 aliphatic heterocycles. The zero-order chi connectivity index (χ0) is 19.4. The van der Waals surface area contributed by atoms with E-state index in [1.807, 2.05) is 0 Å². The van der Waals surface area contributed by atoms with Crippen LogP contribution in [-0.4, -0.2) is 31.4 Å². The van der Waals surface area contributed by atoms with Crippen molar-refractivity contribution in [1.29, 1.82) is 0 Å².